The van der Waals surface area contributed by atoms with E-state index < -0.39 is 0 Å². The van der Waals surface area contributed by atoms with E-state index in [9.17, 15) is 5.11 Å². The van der Waals surface area contributed by atoms with Gasteiger partial charge in [0.05, 0.1) is 7.11 Å². The van der Waals surface area contributed by atoms with Gasteiger partial charge in [-0.25, -0.2) is 0 Å². The van der Waals surface area contributed by atoms with Crippen molar-refractivity contribution in [1.82, 2.24) is 15.0 Å². The highest BCUT2D eigenvalue weighted by atomic mass is 17.0. The van der Waals surface area contributed by atoms with Crippen LogP contribution >= 0.6 is 0 Å². The largest absolute Gasteiger partial charge is 0.396 e. The standard InChI is InChI=1S/C28H45N3O3/c1-29(2)18-25-23(22-7-8-22)9-10-24-26(31(33-3)34-27(24)25)11-6-21-12-16-30(17-13-21)19-28(20-32)14-4-5-15-28/h9-10,21-22,26,32H,4-8,11-20H2,1-3H3. The minimum atomic E-state index is 0.170. The molecule has 2 saturated carbocycles. The minimum absolute atomic E-state index is 0.170. The quantitative estimate of drug-likeness (QED) is 0.525. The molecule has 0 bridgehead atoms. The molecule has 1 unspecified atom stereocenters. The first-order chi connectivity index (χ1) is 16.5. The lowest BCUT2D eigenvalue weighted by atomic mass is 9.84. The Bertz CT molecular complexity index is 826. The first-order valence-electron chi connectivity index (χ1n) is 13.7. The van der Waals surface area contributed by atoms with Crippen LogP contribution in [0.25, 0.3) is 0 Å². The highest BCUT2D eigenvalue weighted by Crippen LogP contribution is 2.50. The number of aliphatic hydroxyl groups excluding tert-OH is 1. The lowest BCUT2D eigenvalue weighted by molar-refractivity contribution is -0.315. The Hall–Kier alpha value is -1.18. The van der Waals surface area contributed by atoms with Gasteiger partial charge in [-0.15, -0.1) is 0 Å². The third-order valence-electron chi connectivity index (χ3n) is 8.91. The summed E-state index contributed by atoms with van der Waals surface area (Å²) in [6, 6.07) is 4.84. The molecule has 6 heteroatoms. The highest BCUT2D eigenvalue weighted by molar-refractivity contribution is 5.51. The van der Waals surface area contributed by atoms with Crippen molar-refractivity contribution >= 4 is 0 Å². The van der Waals surface area contributed by atoms with Gasteiger partial charge < -0.3 is 19.7 Å². The zero-order chi connectivity index (χ0) is 23.7. The van der Waals surface area contributed by atoms with Crippen LogP contribution in [0, 0.1) is 11.3 Å². The number of hydrogen-bond donors (Lipinski definition) is 1. The number of aliphatic hydroxyl groups is 1. The van der Waals surface area contributed by atoms with E-state index in [1.54, 1.807) is 12.3 Å². The Balaban J connectivity index is 1.20. The monoisotopic (exact) mass is 471 g/mol. The molecular formula is C28H45N3O3. The number of rotatable bonds is 10. The molecule has 1 N–H and O–H groups in total. The maximum atomic E-state index is 9.99. The van der Waals surface area contributed by atoms with Gasteiger partial charge in [0.2, 0.25) is 0 Å². The van der Waals surface area contributed by atoms with Crippen molar-refractivity contribution < 1.29 is 14.8 Å². The molecule has 0 aromatic heterocycles. The summed E-state index contributed by atoms with van der Waals surface area (Å²) in [7, 11) is 6.00. The molecule has 5 rings (SSSR count). The number of hydroxylamine groups is 2. The Morgan fingerprint density at radius 2 is 1.76 bits per heavy atom. The molecule has 190 valence electrons. The van der Waals surface area contributed by atoms with Crippen LogP contribution in [0.3, 0.4) is 0 Å². The van der Waals surface area contributed by atoms with Crippen molar-refractivity contribution in [3.05, 3.63) is 28.8 Å². The van der Waals surface area contributed by atoms with Crippen LogP contribution in [-0.2, 0) is 11.4 Å². The molecule has 2 aliphatic heterocycles. The van der Waals surface area contributed by atoms with Crippen LogP contribution in [0.2, 0.25) is 0 Å². The zero-order valence-electron chi connectivity index (χ0n) is 21.6. The molecule has 3 fully saturated rings. The Kier molecular flexibility index (Phi) is 7.52. The topological polar surface area (TPSA) is 48.4 Å². The number of benzene rings is 1. The molecule has 0 amide bonds. The molecule has 2 aliphatic carbocycles. The molecule has 2 heterocycles. The molecule has 6 nitrogen and oxygen atoms in total. The lowest BCUT2D eigenvalue weighted by Crippen LogP contribution is -2.42. The first kappa shape index (κ1) is 24.5. The maximum Gasteiger partial charge on any atom is 0.160 e. The second kappa shape index (κ2) is 10.4. The second-order valence-electron chi connectivity index (χ2n) is 11.8. The van der Waals surface area contributed by atoms with Crippen molar-refractivity contribution in [1.29, 1.82) is 0 Å². The fraction of sp³-hybridized carbons (Fsp3) is 0.786. The molecule has 4 aliphatic rings. The molecule has 0 radical (unpaired) electrons. The average molecular weight is 472 g/mol. The van der Waals surface area contributed by atoms with Gasteiger partial charge in [-0.1, -0.05) is 25.0 Å². The second-order valence-corrected chi connectivity index (χ2v) is 11.8. The van der Waals surface area contributed by atoms with Crippen LogP contribution in [0.15, 0.2) is 12.1 Å². The van der Waals surface area contributed by atoms with E-state index in [0.29, 0.717) is 12.5 Å². The average Bonchev–Trinajstić information content (AvgIpc) is 3.46. The summed E-state index contributed by atoms with van der Waals surface area (Å²) in [6.07, 6.45) is 12.4. The summed E-state index contributed by atoms with van der Waals surface area (Å²) in [6.45, 7) is 4.72. The van der Waals surface area contributed by atoms with E-state index in [-0.39, 0.29) is 11.5 Å². The van der Waals surface area contributed by atoms with Gasteiger partial charge in [0.25, 0.3) is 0 Å². The number of nitrogens with zero attached hydrogens (tertiary/aromatic N) is 3. The van der Waals surface area contributed by atoms with E-state index in [4.69, 9.17) is 9.68 Å². The van der Waals surface area contributed by atoms with Gasteiger partial charge in [0.15, 0.2) is 5.75 Å². The summed E-state index contributed by atoms with van der Waals surface area (Å²) in [5, 5.41) is 11.7. The SMILES string of the molecule is CON1Oc2c(ccc(C3CC3)c2CN(C)C)C1CCC1CCN(CC2(CO)CCCC2)CC1. The summed E-state index contributed by atoms with van der Waals surface area (Å²) in [5.74, 6) is 2.52. The van der Waals surface area contributed by atoms with E-state index in [1.165, 1.54) is 87.6 Å². The normalized spacial score (nSPS) is 25.7. The smallest absolute Gasteiger partial charge is 0.160 e. The van der Waals surface area contributed by atoms with Crippen molar-refractivity contribution in [2.24, 2.45) is 11.3 Å². The maximum absolute atomic E-state index is 9.99. The van der Waals surface area contributed by atoms with Crippen LogP contribution in [-0.4, -0.2) is 67.6 Å². The van der Waals surface area contributed by atoms with E-state index >= 15 is 0 Å². The summed E-state index contributed by atoms with van der Waals surface area (Å²) in [4.78, 5) is 16.9. The van der Waals surface area contributed by atoms with Crippen molar-refractivity contribution in [3.8, 4) is 5.75 Å². The van der Waals surface area contributed by atoms with Gasteiger partial charge in [-0.3, -0.25) is 4.84 Å². The molecule has 1 aromatic carbocycles. The van der Waals surface area contributed by atoms with Crippen LogP contribution in [0.5, 0.6) is 5.75 Å². The van der Waals surface area contributed by atoms with Crippen molar-refractivity contribution in [3.63, 3.8) is 0 Å². The molecule has 1 aromatic rings. The van der Waals surface area contributed by atoms with Crippen LogP contribution < -0.4 is 4.84 Å². The van der Waals surface area contributed by atoms with E-state index in [0.717, 1.165) is 31.2 Å². The highest BCUT2D eigenvalue weighted by Gasteiger charge is 2.39. The van der Waals surface area contributed by atoms with Gasteiger partial charge in [0, 0.05) is 36.2 Å². The van der Waals surface area contributed by atoms with Gasteiger partial charge >= 0.3 is 0 Å². The predicted octanol–water partition coefficient (Wildman–Crippen LogP) is 4.88. The summed E-state index contributed by atoms with van der Waals surface area (Å²) >= 11 is 0. The molecule has 34 heavy (non-hydrogen) atoms. The van der Waals surface area contributed by atoms with Crippen molar-refractivity contribution in [2.45, 2.75) is 82.7 Å². The molecule has 0 spiro atoms. The van der Waals surface area contributed by atoms with Gasteiger partial charge in [-0.2, -0.15) is 0 Å². The van der Waals surface area contributed by atoms with E-state index in [1.807, 2.05) is 0 Å². The Morgan fingerprint density at radius 1 is 1.06 bits per heavy atom. The van der Waals surface area contributed by atoms with Gasteiger partial charge in [0.1, 0.15) is 6.04 Å². The third-order valence-corrected chi connectivity index (χ3v) is 8.91. The van der Waals surface area contributed by atoms with Crippen LogP contribution in [0.4, 0.5) is 0 Å². The fourth-order valence-corrected chi connectivity index (χ4v) is 6.77. The molecule has 1 atom stereocenters. The lowest BCUT2D eigenvalue weighted by Gasteiger charge is -2.38. The fourth-order valence-electron chi connectivity index (χ4n) is 6.77. The Labute approximate surface area is 206 Å². The number of hydrogen-bond acceptors (Lipinski definition) is 6. The summed E-state index contributed by atoms with van der Waals surface area (Å²) < 4.78 is 0. The number of likely N-dealkylation sites (tertiary alicyclic amines) is 1. The van der Waals surface area contributed by atoms with Crippen LogP contribution in [0.1, 0.15) is 92.9 Å². The van der Waals surface area contributed by atoms with Crippen molar-refractivity contribution in [2.75, 3.05) is 47.4 Å². The third kappa shape index (κ3) is 5.17. The Morgan fingerprint density at radius 3 is 2.38 bits per heavy atom. The molecule has 1 saturated heterocycles. The zero-order valence-corrected chi connectivity index (χ0v) is 21.6. The molecular weight excluding hydrogens is 426 g/mol. The number of piperidine rings is 1. The van der Waals surface area contributed by atoms with E-state index in [2.05, 4.69) is 36.0 Å². The first-order valence-corrected chi connectivity index (χ1v) is 13.7. The predicted molar refractivity (Wildman–Crippen MR) is 134 cm³/mol. The minimum Gasteiger partial charge on any atom is -0.396 e. The number of fused-ring (bicyclic) bond motifs is 1. The summed E-state index contributed by atoms with van der Waals surface area (Å²) in [5.41, 5.74) is 4.30. The van der Waals surface area contributed by atoms with Gasteiger partial charge in [-0.05, 0) is 101 Å².